The minimum Gasteiger partial charge on any atom is -0.505 e. The van der Waals surface area contributed by atoms with Gasteiger partial charge in [0.05, 0.1) is 11.4 Å². The summed E-state index contributed by atoms with van der Waals surface area (Å²) < 4.78 is 4.73. The molecular weight excluding hydrogens is 496 g/mol. The lowest BCUT2D eigenvalue weighted by Gasteiger charge is -2.13. The first-order valence-electron chi connectivity index (χ1n) is 12.0. The molecule has 1 amide bonds. The molecule has 4 aromatic carbocycles. The molecule has 9 nitrogen and oxygen atoms in total. The lowest BCUT2D eigenvalue weighted by Crippen LogP contribution is -2.28. The average molecular weight is 521 g/mol. The van der Waals surface area contributed by atoms with Gasteiger partial charge in [0.2, 0.25) is 0 Å². The van der Waals surface area contributed by atoms with E-state index < -0.39 is 12.1 Å². The van der Waals surface area contributed by atoms with Crippen LogP contribution in [-0.2, 0) is 4.79 Å². The second kappa shape index (κ2) is 10.5. The summed E-state index contributed by atoms with van der Waals surface area (Å²) in [5.41, 5.74) is 7.95. The number of aryl methyl sites for hydroxylation is 2. The van der Waals surface area contributed by atoms with Gasteiger partial charge in [0.15, 0.2) is 5.71 Å². The summed E-state index contributed by atoms with van der Waals surface area (Å²) in [5.74, 6) is -0.438. The van der Waals surface area contributed by atoms with Crippen molar-refractivity contribution in [1.29, 1.82) is 0 Å². The van der Waals surface area contributed by atoms with Gasteiger partial charge in [0.1, 0.15) is 17.2 Å². The smallest absolute Gasteiger partial charge is 0.505 e. The van der Waals surface area contributed by atoms with E-state index in [1.165, 1.54) is 17.1 Å². The Bertz CT molecular complexity index is 1650. The van der Waals surface area contributed by atoms with Gasteiger partial charge in [-0.25, -0.2) is 4.79 Å². The molecule has 0 saturated carbocycles. The highest BCUT2D eigenvalue weighted by atomic mass is 16.7. The number of hydrogen-bond donors (Lipinski definition) is 3. The molecule has 5 rings (SSSR count). The maximum atomic E-state index is 13.5. The number of carboxylic acid groups (broad SMARTS) is 1. The number of nitrogens with zero attached hydrogens (tertiary/aromatic N) is 3. The predicted molar refractivity (Wildman–Crippen MR) is 150 cm³/mol. The second-order valence-corrected chi connectivity index (χ2v) is 8.87. The number of para-hydroxylation sites is 1. The van der Waals surface area contributed by atoms with Crippen LogP contribution in [0.4, 0.5) is 16.2 Å². The number of carbonyl (C=O) groups is 2. The first-order valence-corrected chi connectivity index (χ1v) is 12.0. The van der Waals surface area contributed by atoms with Crippen molar-refractivity contribution in [3.05, 3.63) is 108 Å². The average Bonchev–Trinajstić information content (AvgIpc) is 3.26. The highest BCUT2D eigenvalue weighted by molar-refractivity contribution is 6.74. The number of rotatable bonds is 6. The maximum absolute atomic E-state index is 13.5. The Kier molecular flexibility index (Phi) is 6.79. The van der Waals surface area contributed by atoms with Crippen LogP contribution in [-0.4, -0.2) is 33.7 Å². The summed E-state index contributed by atoms with van der Waals surface area (Å²) in [7, 11) is 0. The van der Waals surface area contributed by atoms with Crippen LogP contribution in [0.2, 0.25) is 0 Å². The second-order valence-electron chi connectivity index (χ2n) is 8.87. The van der Waals surface area contributed by atoms with E-state index in [4.69, 9.17) is 9.84 Å². The molecule has 0 radical (unpaired) electrons. The van der Waals surface area contributed by atoms with E-state index >= 15 is 0 Å². The van der Waals surface area contributed by atoms with E-state index in [1.807, 2.05) is 62.4 Å². The molecule has 9 heteroatoms. The standard InChI is InChI=1S/C30H24N4O5/c1-18-14-15-22(16-19(18)2)34-29(36)27(26(33-34)20-8-4-3-5-9-20)32-31-25-13-7-12-24(28(25)35)21-10-6-11-23(17-21)39-30(37)38/h3-17,31,35H,1-2H3,(H,37,38). The lowest BCUT2D eigenvalue weighted by molar-refractivity contribution is -0.112. The first kappa shape index (κ1) is 25.2. The zero-order valence-electron chi connectivity index (χ0n) is 21.1. The molecule has 1 heterocycles. The van der Waals surface area contributed by atoms with Crippen molar-refractivity contribution in [3.8, 4) is 22.6 Å². The predicted octanol–water partition coefficient (Wildman–Crippen LogP) is 5.95. The Balaban J connectivity index is 1.50. The van der Waals surface area contributed by atoms with Gasteiger partial charge in [0.25, 0.3) is 0 Å². The Labute approximate surface area is 224 Å². The molecule has 1 aliphatic heterocycles. The number of nitrogens with one attached hydrogen (secondary N) is 1. The number of ether oxygens (including phenoxy) is 1. The fourth-order valence-corrected chi connectivity index (χ4v) is 4.13. The van der Waals surface area contributed by atoms with Crippen molar-refractivity contribution in [2.24, 2.45) is 10.2 Å². The number of aromatic hydroxyl groups is 1. The summed E-state index contributed by atoms with van der Waals surface area (Å²) in [6.07, 6.45) is -1.44. The summed E-state index contributed by atoms with van der Waals surface area (Å²) in [6.45, 7) is 3.97. The van der Waals surface area contributed by atoms with Crippen LogP contribution in [0.1, 0.15) is 16.7 Å². The van der Waals surface area contributed by atoms with Crippen LogP contribution in [0.3, 0.4) is 0 Å². The van der Waals surface area contributed by atoms with Crippen LogP contribution in [0.15, 0.2) is 101 Å². The third-order valence-electron chi connectivity index (χ3n) is 6.28. The van der Waals surface area contributed by atoms with Gasteiger partial charge in [0, 0.05) is 11.1 Å². The van der Waals surface area contributed by atoms with E-state index in [1.54, 1.807) is 30.3 Å². The van der Waals surface area contributed by atoms with Crippen LogP contribution in [0.5, 0.6) is 11.5 Å². The third-order valence-corrected chi connectivity index (χ3v) is 6.28. The molecule has 0 spiro atoms. The van der Waals surface area contributed by atoms with Gasteiger partial charge in [-0.15, -0.1) is 0 Å². The Morgan fingerprint density at radius 2 is 1.64 bits per heavy atom. The van der Waals surface area contributed by atoms with E-state index in [-0.39, 0.29) is 22.9 Å². The number of benzene rings is 4. The summed E-state index contributed by atoms with van der Waals surface area (Å²) >= 11 is 0. The summed E-state index contributed by atoms with van der Waals surface area (Å²) in [5, 5.41) is 30.2. The molecule has 39 heavy (non-hydrogen) atoms. The zero-order chi connectivity index (χ0) is 27.5. The van der Waals surface area contributed by atoms with Crippen molar-refractivity contribution in [2.75, 3.05) is 10.4 Å². The molecule has 0 atom stereocenters. The van der Waals surface area contributed by atoms with Crippen molar-refractivity contribution in [2.45, 2.75) is 13.8 Å². The number of anilines is 2. The van der Waals surface area contributed by atoms with E-state index in [0.717, 1.165) is 11.1 Å². The van der Waals surface area contributed by atoms with Crippen LogP contribution >= 0.6 is 0 Å². The number of amides is 1. The largest absolute Gasteiger partial charge is 0.511 e. The highest BCUT2D eigenvalue weighted by Gasteiger charge is 2.34. The van der Waals surface area contributed by atoms with Gasteiger partial charge in [-0.3, -0.25) is 10.2 Å². The Morgan fingerprint density at radius 3 is 2.38 bits per heavy atom. The van der Waals surface area contributed by atoms with Gasteiger partial charge in [-0.1, -0.05) is 60.7 Å². The minimum absolute atomic E-state index is 0.0843. The number of phenolic OH excluding ortho intramolecular Hbond substituents is 1. The molecule has 0 fully saturated rings. The van der Waals surface area contributed by atoms with Crippen molar-refractivity contribution in [1.82, 2.24) is 0 Å². The van der Waals surface area contributed by atoms with Crippen molar-refractivity contribution >= 4 is 34.9 Å². The van der Waals surface area contributed by atoms with Gasteiger partial charge in [-0.05, 0) is 60.9 Å². The zero-order valence-corrected chi connectivity index (χ0v) is 21.1. The monoisotopic (exact) mass is 520 g/mol. The van der Waals surface area contributed by atoms with E-state index in [0.29, 0.717) is 28.1 Å². The van der Waals surface area contributed by atoms with Gasteiger partial charge >= 0.3 is 12.1 Å². The van der Waals surface area contributed by atoms with E-state index in [9.17, 15) is 14.7 Å². The van der Waals surface area contributed by atoms with Crippen LogP contribution < -0.4 is 15.2 Å². The molecular formula is C30H24N4O5. The fraction of sp³-hybridized carbons (Fsp3) is 0.0667. The van der Waals surface area contributed by atoms with Crippen LogP contribution in [0.25, 0.3) is 11.1 Å². The van der Waals surface area contributed by atoms with Crippen LogP contribution in [0, 0.1) is 13.8 Å². The highest BCUT2D eigenvalue weighted by Crippen LogP contribution is 2.37. The maximum Gasteiger partial charge on any atom is 0.511 e. The number of hydrogen-bond acceptors (Lipinski definition) is 7. The Morgan fingerprint density at radius 1 is 0.897 bits per heavy atom. The Hall–Kier alpha value is -5.44. The first-order chi connectivity index (χ1) is 18.8. The molecule has 1 aliphatic rings. The minimum atomic E-state index is -1.44. The lowest BCUT2D eigenvalue weighted by atomic mass is 10.0. The molecule has 194 valence electrons. The number of hydrazone groups is 2. The SMILES string of the molecule is Cc1ccc(N2N=C(c3ccccc3)C(=NNc3cccc(-c4cccc(OC(=O)O)c4)c3O)C2=O)cc1C. The summed E-state index contributed by atoms with van der Waals surface area (Å²) in [4.78, 5) is 24.4. The molecule has 0 saturated heterocycles. The topological polar surface area (TPSA) is 124 Å². The number of phenols is 1. The quantitative estimate of drug-likeness (QED) is 0.125. The fourth-order valence-electron chi connectivity index (χ4n) is 4.13. The molecule has 0 aromatic heterocycles. The molecule has 4 aromatic rings. The summed E-state index contributed by atoms with van der Waals surface area (Å²) in [6, 6.07) is 26.2. The molecule has 0 bridgehead atoms. The molecule has 0 unspecified atom stereocenters. The molecule has 3 N–H and O–H groups in total. The normalized spacial score (nSPS) is 13.9. The number of carbonyl (C=O) groups excluding carboxylic acids is 1. The third kappa shape index (κ3) is 5.19. The van der Waals surface area contributed by atoms with Gasteiger partial charge < -0.3 is 14.9 Å². The van der Waals surface area contributed by atoms with Gasteiger partial charge in [-0.2, -0.15) is 15.2 Å². The van der Waals surface area contributed by atoms with E-state index in [2.05, 4.69) is 15.6 Å². The molecule has 0 aliphatic carbocycles. The van der Waals surface area contributed by atoms with Crippen molar-refractivity contribution < 1.29 is 24.5 Å². The van der Waals surface area contributed by atoms with Crippen molar-refractivity contribution in [3.63, 3.8) is 0 Å².